The molecular weight excluding hydrogens is 276 g/mol. The highest BCUT2D eigenvalue weighted by molar-refractivity contribution is 6.30. The van der Waals surface area contributed by atoms with Crippen LogP contribution >= 0.6 is 11.6 Å². The predicted molar refractivity (Wildman–Crippen MR) is 67.6 cm³/mol. The van der Waals surface area contributed by atoms with Gasteiger partial charge in [-0.15, -0.1) is 0 Å². The average molecular weight is 290 g/mol. The van der Waals surface area contributed by atoms with Gasteiger partial charge in [0.1, 0.15) is 11.6 Å². The molecule has 19 heavy (non-hydrogen) atoms. The van der Waals surface area contributed by atoms with Crippen LogP contribution in [0.3, 0.4) is 0 Å². The van der Waals surface area contributed by atoms with Crippen LogP contribution in [0.5, 0.6) is 0 Å². The molecule has 0 aromatic heterocycles. The first-order chi connectivity index (χ1) is 8.99. The van der Waals surface area contributed by atoms with E-state index in [4.69, 9.17) is 17.3 Å². The molecule has 1 aliphatic heterocycles. The van der Waals surface area contributed by atoms with Crippen molar-refractivity contribution in [2.45, 2.75) is 25.0 Å². The Hall–Kier alpha value is -1.24. The Balaban J connectivity index is 1.99. The highest BCUT2D eigenvalue weighted by Crippen LogP contribution is 2.20. The zero-order valence-electron chi connectivity index (χ0n) is 10.1. The molecular formula is C12H14ClF2N3O. The summed E-state index contributed by atoms with van der Waals surface area (Å²) in [6, 6.07) is 1.71. The highest BCUT2D eigenvalue weighted by atomic mass is 35.5. The van der Waals surface area contributed by atoms with E-state index in [0.717, 1.165) is 12.1 Å². The molecule has 1 amide bonds. The SMILES string of the molecule is NC1CNC(C(=O)NCc2c(F)ccc(Cl)c2F)C1. The van der Waals surface area contributed by atoms with Crippen LogP contribution in [0.2, 0.25) is 5.02 Å². The predicted octanol–water partition coefficient (Wildman–Crippen LogP) is 0.924. The maximum Gasteiger partial charge on any atom is 0.237 e. The van der Waals surface area contributed by atoms with Crippen molar-refractivity contribution < 1.29 is 13.6 Å². The molecule has 1 aromatic carbocycles. The molecule has 1 fully saturated rings. The average Bonchev–Trinajstić information content (AvgIpc) is 2.80. The molecule has 2 rings (SSSR count). The van der Waals surface area contributed by atoms with Gasteiger partial charge >= 0.3 is 0 Å². The molecule has 4 nitrogen and oxygen atoms in total. The summed E-state index contributed by atoms with van der Waals surface area (Å²) < 4.78 is 27.0. The number of nitrogens with two attached hydrogens (primary N) is 1. The molecule has 1 aromatic rings. The molecule has 7 heteroatoms. The molecule has 2 unspecified atom stereocenters. The van der Waals surface area contributed by atoms with E-state index in [1.54, 1.807) is 0 Å². The molecule has 104 valence electrons. The van der Waals surface area contributed by atoms with E-state index in [9.17, 15) is 13.6 Å². The Bertz CT molecular complexity index is 498. The smallest absolute Gasteiger partial charge is 0.237 e. The van der Waals surface area contributed by atoms with Crippen molar-refractivity contribution in [3.63, 3.8) is 0 Å². The molecule has 2 atom stereocenters. The number of halogens is 3. The second kappa shape index (κ2) is 5.81. The Kier molecular flexibility index (Phi) is 4.34. The zero-order valence-corrected chi connectivity index (χ0v) is 10.8. The fourth-order valence-electron chi connectivity index (χ4n) is 1.99. The topological polar surface area (TPSA) is 67.1 Å². The summed E-state index contributed by atoms with van der Waals surface area (Å²) in [4.78, 5) is 11.8. The Labute approximate surface area is 114 Å². The lowest BCUT2D eigenvalue weighted by molar-refractivity contribution is -0.123. The number of carbonyl (C=O) groups is 1. The standard InChI is InChI=1S/C12H14ClF2N3O/c13-8-1-2-9(14)7(11(8)15)5-18-12(19)10-3-6(16)4-17-10/h1-2,6,10,17H,3-5,16H2,(H,18,19). The maximum atomic E-state index is 13.6. The summed E-state index contributed by atoms with van der Waals surface area (Å²) in [7, 11) is 0. The van der Waals surface area contributed by atoms with Crippen molar-refractivity contribution in [3.05, 3.63) is 34.4 Å². The molecule has 1 saturated heterocycles. The van der Waals surface area contributed by atoms with Crippen molar-refractivity contribution in [3.8, 4) is 0 Å². The zero-order chi connectivity index (χ0) is 14.0. The van der Waals surface area contributed by atoms with Crippen LogP contribution < -0.4 is 16.4 Å². The number of benzene rings is 1. The number of amides is 1. The minimum atomic E-state index is -0.849. The summed E-state index contributed by atoms with van der Waals surface area (Å²) in [5.74, 6) is -1.91. The van der Waals surface area contributed by atoms with Crippen molar-refractivity contribution in [1.29, 1.82) is 0 Å². The fraction of sp³-hybridized carbons (Fsp3) is 0.417. The molecule has 0 spiro atoms. The van der Waals surface area contributed by atoms with Crippen molar-refractivity contribution in [2.24, 2.45) is 5.73 Å². The first-order valence-electron chi connectivity index (χ1n) is 5.88. The normalized spacial score (nSPS) is 22.5. The van der Waals surface area contributed by atoms with E-state index in [-0.39, 0.29) is 29.1 Å². The highest BCUT2D eigenvalue weighted by Gasteiger charge is 2.27. The summed E-state index contributed by atoms with van der Waals surface area (Å²) in [5.41, 5.74) is 5.41. The third-order valence-corrected chi connectivity index (χ3v) is 3.35. The Morgan fingerprint density at radius 3 is 2.89 bits per heavy atom. The summed E-state index contributed by atoms with van der Waals surface area (Å²) in [6.07, 6.45) is 0.506. The quantitative estimate of drug-likeness (QED) is 0.725. The van der Waals surface area contributed by atoms with Gasteiger partial charge in [0, 0.05) is 24.7 Å². The Morgan fingerprint density at radius 1 is 1.53 bits per heavy atom. The van der Waals surface area contributed by atoms with Crippen LogP contribution in [-0.2, 0) is 11.3 Å². The Morgan fingerprint density at radius 2 is 2.26 bits per heavy atom. The van der Waals surface area contributed by atoms with Crippen LogP contribution in [0.1, 0.15) is 12.0 Å². The van der Waals surface area contributed by atoms with Gasteiger partial charge in [-0.25, -0.2) is 8.78 Å². The lowest BCUT2D eigenvalue weighted by atomic mass is 10.1. The minimum absolute atomic E-state index is 0.0737. The summed E-state index contributed by atoms with van der Waals surface area (Å²) in [6.45, 7) is 0.308. The number of hydrogen-bond acceptors (Lipinski definition) is 3. The number of hydrogen-bond donors (Lipinski definition) is 3. The van der Waals surface area contributed by atoms with Gasteiger partial charge < -0.3 is 16.4 Å². The molecule has 0 saturated carbocycles. The molecule has 4 N–H and O–H groups in total. The van der Waals surface area contributed by atoms with Crippen molar-refractivity contribution in [2.75, 3.05) is 6.54 Å². The fourth-order valence-corrected chi connectivity index (χ4v) is 2.17. The second-order valence-electron chi connectivity index (χ2n) is 4.50. The van der Waals surface area contributed by atoms with Crippen molar-refractivity contribution >= 4 is 17.5 Å². The van der Waals surface area contributed by atoms with Gasteiger partial charge in [0.05, 0.1) is 11.1 Å². The van der Waals surface area contributed by atoms with E-state index in [2.05, 4.69) is 10.6 Å². The van der Waals surface area contributed by atoms with E-state index in [1.165, 1.54) is 0 Å². The minimum Gasteiger partial charge on any atom is -0.350 e. The molecule has 1 aliphatic rings. The van der Waals surface area contributed by atoms with Gasteiger partial charge in [-0.3, -0.25) is 4.79 Å². The number of rotatable bonds is 3. The maximum absolute atomic E-state index is 13.6. The molecule has 0 aliphatic carbocycles. The van der Waals surface area contributed by atoms with Gasteiger partial charge in [0.25, 0.3) is 0 Å². The first-order valence-corrected chi connectivity index (χ1v) is 6.26. The number of carbonyl (C=O) groups excluding carboxylic acids is 1. The van der Waals surface area contributed by atoms with Crippen molar-refractivity contribution in [1.82, 2.24) is 10.6 Å². The van der Waals surface area contributed by atoms with Gasteiger partial charge in [0.2, 0.25) is 5.91 Å². The van der Waals surface area contributed by atoms with Gasteiger partial charge in [-0.1, -0.05) is 11.6 Å². The van der Waals surface area contributed by atoms with E-state index < -0.39 is 17.7 Å². The van der Waals surface area contributed by atoms with Crippen LogP contribution in [0.25, 0.3) is 0 Å². The van der Waals surface area contributed by atoms with E-state index in [1.807, 2.05) is 0 Å². The third-order valence-electron chi connectivity index (χ3n) is 3.06. The summed E-state index contributed by atoms with van der Waals surface area (Å²) in [5, 5.41) is 5.23. The number of nitrogens with one attached hydrogen (secondary N) is 2. The second-order valence-corrected chi connectivity index (χ2v) is 4.90. The lowest BCUT2D eigenvalue weighted by Gasteiger charge is -2.12. The van der Waals surface area contributed by atoms with Gasteiger partial charge in [-0.2, -0.15) is 0 Å². The molecule has 1 heterocycles. The molecule has 0 radical (unpaired) electrons. The summed E-state index contributed by atoms with van der Waals surface area (Å²) >= 11 is 5.56. The van der Waals surface area contributed by atoms with Crippen LogP contribution in [0, 0.1) is 11.6 Å². The monoisotopic (exact) mass is 289 g/mol. The van der Waals surface area contributed by atoms with Gasteiger partial charge in [-0.05, 0) is 18.6 Å². The van der Waals surface area contributed by atoms with Gasteiger partial charge in [0.15, 0.2) is 0 Å². The van der Waals surface area contributed by atoms with E-state index in [0.29, 0.717) is 13.0 Å². The van der Waals surface area contributed by atoms with E-state index >= 15 is 0 Å². The van der Waals surface area contributed by atoms with Crippen LogP contribution in [-0.4, -0.2) is 24.5 Å². The first kappa shape index (κ1) is 14.2. The lowest BCUT2D eigenvalue weighted by Crippen LogP contribution is -2.40. The molecule has 0 bridgehead atoms. The third kappa shape index (κ3) is 3.20. The van der Waals surface area contributed by atoms with Crippen LogP contribution in [0.15, 0.2) is 12.1 Å². The van der Waals surface area contributed by atoms with Crippen LogP contribution in [0.4, 0.5) is 8.78 Å². The largest absolute Gasteiger partial charge is 0.350 e.